The summed E-state index contributed by atoms with van der Waals surface area (Å²) in [6.45, 7) is 9.07. The van der Waals surface area contributed by atoms with E-state index < -0.39 is 0 Å². The molecule has 0 atom stereocenters. The van der Waals surface area contributed by atoms with Crippen molar-refractivity contribution in [1.82, 2.24) is 9.80 Å². The third kappa shape index (κ3) is 4.13. The van der Waals surface area contributed by atoms with E-state index in [0.717, 1.165) is 42.4 Å². The molecule has 0 aromatic heterocycles. The van der Waals surface area contributed by atoms with Crippen molar-refractivity contribution in [1.29, 1.82) is 0 Å². The lowest BCUT2D eigenvalue weighted by Crippen LogP contribution is -2.57. The van der Waals surface area contributed by atoms with E-state index in [2.05, 4.69) is 13.8 Å². The quantitative estimate of drug-likeness (QED) is 0.389. The number of nitrogens with zero attached hydrogens (tertiary/aromatic N) is 2. The van der Waals surface area contributed by atoms with Crippen LogP contribution >= 0.6 is 12.2 Å². The van der Waals surface area contributed by atoms with Gasteiger partial charge in [-0.1, -0.05) is 38.8 Å². The summed E-state index contributed by atoms with van der Waals surface area (Å²) in [6, 6.07) is 5.95. The van der Waals surface area contributed by atoms with Crippen LogP contribution in [-0.4, -0.2) is 39.8 Å². The van der Waals surface area contributed by atoms with Gasteiger partial charge in [0, 0.05) is 18.7 Å². The van der Waals surface area contributed by atoms with E-state index in [1.54, 1.807) is 15.9 Å². The Morgan fingerprint density at radius 2 is 1.55 bits per heavy atom. The van der Waals surface area contributed by atoms with Crippen molar-refractivity contribution < 1.29 is 14.3 Å². The Kier molecular flexibility index (Phi) is 6.52. The molecule has 6 heteroatoms. The zero-order valence-corrected chi connectivity index (χ0v) is 18.4. The van der Waals surface area contributed by atoms with Crippen molar-refractivity contribution in [3.8, 4) is 5.75 Å². The van der Waals surface area contributed by atoms with E-state index in [1.165, 1.54) is 0 Å². The molecule has 1 fully saturated rings. The Morgan fingerprint density at radius 1 is 0.966 bits per heavy atom. The Bertz CT molecular complexity index is 885. The van der Waals surface area contributed by atoms with Crippen LogP contribution in [0.4, 0.5) is 0 Å². The first-order valence-corrected chi connectivity index (χ1v) is 10.7. The zero-order valence-electron chi connectivity index (χ0n) is 17.6. The number of carbonyl (C=O) groups is 2. The minimum Gasteiger partial charge on any atom is -0.456 e. The predicted octanol–water partition coefficient (Wildman–Crippen LogP) is 4.60. The van der Waals surface area contributed by atoms with E-state index in [4.69, 9.17) is 17.0 Å². The molecule has 154 valence electrons. The lowest BCUT2D eigenvalue weighted by molar-refractivity contribution is -0.134. The van der Waals surface area contributed by atoms with Crippen molar-refractivity contribution >= 4 is 34.7 Å². The van der Waals surface area contributed by atoms with Gasteiger partial charge in [0.2, 0.25) is 0 Å². The average molecular weight is 413 g/mol. The van der Waals surface area contributed by atoms with Crippen LogP contribution in [-0.2, 0) is 9.59 Å². The molecule has 29 heavy (non-hydrogen) atoms. The Balaban J connectivity index is 2.07. The number of aryl methyl sites for hydroxylation is 1. The van der Waals surface area contributed by atoms with Gasteiger partial charge in [-0.2, -0.15) is 0 Å². The topological polar surface area (TPSA) is 49.9 Å². The van der Waals surface area contributed by atoms with Crippen LogP contribution in [0.1, 0.15) is 57.6 Å². The summed E-state index contributed by atoms with van der Waals surface area (Å²) in [7, 11) is 0. The van der Waals surface area contributed by atoms with E-state index in [-0.39, 0.29) is 17.4 Å². The van der Waals surface area contributed by atoms with Gasteiger partial charge < -0.3 is 4.74 Å². The first-order chi connectivity index (χ1) is 13.9. The number of thiocarbonyl (C=S) groups is 1. The van der Waals surface area contributed by atoms with Gasteiger partial charge in [-0.25, -0.2) is 0 Å². The maximum Gasteiger partial charge on any atom is 0.269 e. The van der Waals surface area contributed by atoms with Crippen molar-refractivity contribution in [2.75, 3.05) is 13.1 Å². The van der Waals surface area contributed by atoms with Gasteiger partial charge in [-0.3, -0.25) is 19.4 Å². The Hall–Kier alpha value is -2.47. The minimum atomic E-state index is -0.364. The van der Waals surface area contributed by atoms with Gasteiger partial charge in [0.1, 0.15) is 17.1 Å². The molecule has 3 rings (SSSR count). The van der Waals surface area contributed by atoms with Crippen LogP contribution in [0.15, 0.2) is 35.6 Å². The molecule has 2 heterocycles. The number of rotatable bonds is 6. The number of fused-ring (bicyclic) bond motifs is 1. The lowest BCUT2D eigenvalue weighted by Gasteiger charge is -2.37. The van der Waals surface area contributed by atoms with E-state index in [1.807, 2.05) is 32.0 Å². The average Bonchev–Trinajstić information content (AvgIpc) is 2.67. The third-order valence-electron chi connectivity index (χ3n) is 5.23. The summed E-state index contributed by atoms with van der Waals surface area (Å²) >= 11 is 5.52. The van der Waals surface area contributed by atoms with Crippen LogP contribution in [0, 0.1) is 6.92 Å². The molecule has 0 N–H and O–H groups in total. The maximum absolute atomic E-state index is 13.3. The largest absolute Gasteiger partial charge is 0.456 e. The van der Waals surface area contributed by atoms with Crippen molar-refractivity contribution in [3.63, 3.8) is 0 Å². The molecule has 0 bridgehead atoms. The number of hydrogen-bond donors (Lipinski definition) is 0. The standard InChI is InChI=1S/C23H28N2O3S/c1-5-7-11-24-21(26)20(22(27)25(23(24)29)12-8-6-2)19-14-16(4)17-10-9-15(3)13-18(17)28-19/h9-10,13-14H,5-8,11-12H2,1-4H3. The fourth-order valence-electron chi connectivity index (χ4n) is 3.50. The molecule has 0 saturated carbocycles. The molecule has 0 spiro atoms. The molecular formula is C23H28N2O3S. The highest BCUT2D eigenvalue weighted by atomic mass is 32.1. The first-order valence-electron chi connectivity index (χ1n) is 10.3. The van der Waals surface area contributed by atoms with Gasteiger partial charge in [-0.05, 0) is 62.2 Å². The number of unbranched alkanes of at least 4 members (excludes halogenated alkanes) is 2. The Labute approximate surface area is 178 Å². The van der Waals surface area contributed by atoms with E-state index in [0.29, 0.717) is 29.7 Å². The fourth-order valence-corrected chi connectivity index (χ4v) is 3.85. The number of amides is 2. The van der Waals surface area contributed by atoms with Crippen LogP contribution < -0.4 is 4.74 Å². The minimum absolute atomic E-state index is 0.0670. The number of ether oxygens (including phenoxy) is 1. The first kappa shape index (κ1) is 21.2. The lowest BCUT2D eigenvalue weighted by atomic mass is 9.99. The normalized spacial score (nSPS) is 16.8. The number of hydrogen-bond acceptors (Lipinski definition) is 4. The van der Waals surface area contributed by atoms with Gasteiger partial charge in [0.25, 0.3) is 11.8 Å². The SMILES string of the molecule is CCCCN1C(=O)C(=C2C=C(C)c3ccc(C)cc3O2)C(=O)N(CCCC)C1=S. The maximum atomic E-state index is 13.3. The van der Waals surface area contributed by atoms with E-state index >= 15 is 0 Å². The zero-order chi connectivity index (χ0) is 21.1. The van der Waals surface area contributed by atoms with Crippen LogP contribution in [0.2, 0.25) is 0 Å². The summed E-state index contributed by atoms with van der Waals surface area (Å²) in [5.74, 6) is 0.246. The molecule has 0 radical (unpaired) electrons. The second-order valence-corrected chi connectivity index (χ2v) is 7.94. The number of carbonyl (C=O) groups excluding carboxylic acids is 2. The van der Waals surface area contributed by atoms with Crippen LogP contribution in [0.3, 0.4) is 0 Å². The molecule has 1 aromatic rings. The molecule has 0 unspecified atom stereocenters. The van der Waals surface area contributed by atoms with Crippen LogP contribution in [0.5, 0.6) is 5.75 Å². The second kappa shape index (κ2) is 8.91. The van der Waals surface area contributed by atoms with Gasteiger partial charge in [0.15, 0.2) is 5.11 Å². The summed E-state index contributed by atoms with van der Waals surface area (Å²) < 4.78 is 6.07. The molecule has 2 aliphatic rings. The summed E-state index contributed by atoms with van der Waals surface area (Å²) in [4.78, 5) is 29.7. The van der Waals surface area contributed by atoms with E-state index in [9.17, 15) is 9.59 Å². The summed E-state index contributed by atoms with van der Waals surface area (Å²) in [5.41, 5.74) is 3.05. The smallest absolute Gasteiger partial charge is 0.269 e. The summed E-state index contributed by atoms with van der Waals surface area (Å²) in [6.07, 6.45) is 5.30. The second-order valence-electron chi connectivity index (χ2n) is 7.57. The van der Waals surface area contributed by atoms with Gasteiger partial charge in [0.05, 0.1) is 0 Å². The number of benzene rings is 1. The number of allylic oxidation sites excluding steroid dienone is 2. The highest BCUT2D eigenvalue weighted by molar-refractivity contribution is 7.80. The third-order valence-corrected chi connectivity index (χ3v) is 5.67. The molecular weight excluding hydrogens is 384 g/mol. The Morgan fingerprint density at radius 3 is 2.10 bits per heavy atom. The van der Waals surface area contributed by atoms with Gasteiger partial charge >= 0.3 is 0 Å². The predicted molar refractivity (Wildman–Crippen MR) is 118 cm³/mol. The highest BCUT2D eigenvalue weighted by Gasteiger charge is 2.41. The molecule has 0 aliphatic carbocycles. The molecule has 2 aliphatic heterocycles. The summed E-state index contributed by atoms with van der Waals surface area (Å²) in [5, 5.41) is 0.305. The van der Waals surface area contributed by atoms with Crippen LogP contribution in [0.25, 0.3) is 5.57 Å². The molecule has 5 nitrogen and oxygen atoms in total. The van der Waals surface area contributed by atoms with Gasteiger partial charge in [-0.15, -0.1) is 0 Å². The molecule has 1 aromatic carbocycles. The van der Waals surface area contributed by atoms with Crippen molar-refractivity contribution in [3.05, 3.63) is 46.7 Å². The monoisotopic (exact) mass is 412 g/mol. The van der Waals surface area contributed by atoms with Crippen molar-refractivity contribution in [2.45, 2.75) is 53.4 Å². The van der Waals surface area contributed by atoms with Crippen molar-refractivity contribution in [2.24, 2.45) is 0 Å². The highest BCUT2D eigenvalue weighted by Crippen LogP contribution is 2.36. The molecule has 1 saturated heterocycles. The molecule has 2 amide bonds. The fraction of sp³-hybridized carbons (Fsp3) is 0.435.